The number of amides is 2. The summed E-state index contributed by atoms with van der Waals surface area (Å²) in [6.45, 7) is 3.29. The van der Waals surface area contributed by atoms with Crippen molar-refractivity contribution >= 4 is 23.0 Å². The van der Waals surface area contributed by atoms with Gasteiger partial charge >= 0.3 is 12.0 Å². The number of benzene rings is 1. The summed E-state index contributed by atoms with van der Waals surface area (Å²) in [6, 6.07) is 5.79. The SMILES string of the molecule is Cc1ccc2nc(CNC(=O)N3CCC(C(=O)O)CC3)[nH]c2c1. The number of fused-ring (bicyclic) bond motifs is 1. The zero-order chi connectivity index (χ0) is 16.4. The van der Waals surface area contributed by atoms with Crippen molar-refractivity contribution in [2.75, 3.05) is 13.1 Å². The van der Waals surface area contributed by atoms with Crippen LogP contribution in [0.25, 0.3) is 11.0 Å². The van der Waals surface area contributed by atoms with E-state index in [0.29, 0.717) is 38.3 Å². The van der Waals surface area contributed by atoms with E-state index < -0.39 is 5.97 Å². The Labute approximate surface area is 133 Å². The Bertz CT molecular complexity index is 732. The van der Waals surface area contributed by atoms with Crippen LogP contribution in [0, 0.1) is 12.8 Å². The molecule has 122 valence electrons. The normalized spacial score (nSPS) is 15.8. The van der Waals surface area contributed by atoms with E-state index in [2.05, 4.69) is 15.3 Å². The molecule has 7 nitrogen and oxygen atoms in total. The molecule has 2 amide bonds. The standard InChI is InChI=1S/C16H20N4O3/c1-10-2-3-12-13(8-10)19-14(18-12)9-17-16(23)20-6-4-11(5-7-20)15(21)22/h2-3,8,11H,4-7,9H2,1H3,(H,17,23)(H,18,19)(H,21,22). The minimum Gasteiger partial charge on any atom is -0.481 e. The van der Waals surface area contributed by atoms with E-state index >= 15 is 0 Å². The highest BCUT2D eigenvalue weighted by Crippen LogP contribution is 2.17. The van der Waals surface area contributed by atoms with Gasteiger partial charge in [0, 0.05) is 13.1 Å². The molecule has 1 aliphatic rings. The summed E-state index contributed by atoms with van der Waals surface area (Å²) in [5.74, 6) is -0.403. The Balaban J connectivity index is 1.55. The number of carbonyl (C=O) groups is 2. The van der Waals surface area contributed by atoms with Gasteiger partial charge in [0.05, 0.1) is 23.5 Å². The number of aryl methyl sites for hydroxylation is 1. The third-order valence-corrected chi connectivity index (χ3v) is 4.22. The van der Waals surface area contributed by atoms with Crippen molar-refractivity contribution in [1.29, 1.82) is 0 Å². The zero-order valence-corrected chi connectivity index (χ0v) is 13.0. The summed E-state index contributed by atoms with van der Waals surface area (Å²) in [4.78, 5) is 32.4. The molecule has 3 rings (SSSR count). The number of carboxylic acid groups (broad SMARTS) is 1. The van der Waals surface area contributed by atoms with Gasteiger partial charge in [-0.15, -0.1) is 0 Å². The number of nitrogens with zero attached hydrogens (tertiary/aromatic N) is 2. The largest absolute Gasteiger partial charge is 0.481 e. The molecule has 23 heavy (non-hydrogen) atoms. The Morgan fingerprint density at radius 2 is 2.13 bits per heavy atom. The van der Waals surface area contributed by atoms with E-state index in [0.717, 1.165) is 16.6 Å². The molecule has 0 saturated carbocycles. The third-order valence-electron chi connectivity index (χ3n) is 4.22. The smallest absolute Gasteiger partial charge is 0.317 e. The number of carbonyl (C=O) groups excluding carboxylic acids is 1. The van der Waals surface area contributed by atoms with Crippen LogP contribution in [0.2, 0.25) is 0 Å². The predicted molar refractivity (Wildman–Crippen MR) is 85.0 cm³/mol. The van der Waals surface area contributed by atoms with Crippen molar-refractivity contribution in [3.05, 3.63) is 29.6 Å². The molecule has 0 atom stereocenters. The number of H-pyrrole nitrogens is 1. The second kappa shape index (κ2) is 6.28. The predicted octanol–water partition coefficient (Wildman–Crippen LogP) is 1.88. The maximum atomic E-state index is 12.1. The molecule has 2 heterocycles. The molecule has 0 radical (unpaired) electrons. The van der Waals surface area contributed by atoms with E-state index in [1.165, 1.54) is 0 Å². The summed E-state index contributed by atoms with van der Waals surface area (Å²) in [6.07, 6.45) is 1.01. The Morgan fingerprint density at radius 1 is 1.39 bits per heavy atom. The quantitative estimate of drug-likeness (QED) is 0.805. The van der Waals surface area contributed by atoms with Crippen molar-refractivity contribution in [3.63, 3.8) is 0 Å². The highest BCUT2D eigenvalue weighted by molar-refractivity contribution is 5.77. The van der Waals surface area contributed by atoms with Gasteiger partial charge in [0.2, 0.25) is 0 Å². The molecule has 0 spiro atoms. The first-order valence-corrected chi connectivity index (χ1v) is 7.74. The summed E-state index contributed by atoms with van der Waals surface area (Å²) in [5.41, 5.74) is 2.98. The van der Waals surface area contributed by atoms with E-state index in [1.54, 1.807) is 4.90 Å². The van der Waals surface area contributed by atoms with Gasteiger partial charge in [-0.05, 0) is 37.5 Å². The number of imidazole rings is 1. The summed E-state index contributed by atoms with van der Waals surface area (Å²) < 4.78 is 0. The third kappa shape index (κ3) is 3.44. The highest BCUT2D eigenvalue weighted by atomic mass is 16.4. The number of urea groups is 1. The topological polar surface area (TPSA) is 98.3 Å². The summed E-state index contributed by atoms with van der Waals surface area (Å²) in [7, 11) is 0. The first-order chi connectivity index (χ1) is 11.0. The number of aliphatic carboxylic acids is 1. The van der Waals surface area contributed by atoms with E-state index in [4.69, 9.17) is 5.11 Å². The van der Waals surface area contributed by atoms with Crippen molar-refractivity contribution in [3.8, 4) is 0 Å². The average Bonchev–Trinajstić information content (AvgIpc) is 2.94. The molecule has 1 fully saturated rings. The lowest BCUT2D eigenvalue weighted by molar-refractivity contribution is -0.143. The summed E-state index contributed by atoms with van der Waals surface area (Å²) in [5, 5.41) is 11.8. The van der Waals surface area contributed by atoms with Crippen LogP contribution in [0.15, 0.2) is 18.2 Å². The van der Waals surface area contributed by atoms with E-state index in [9.17, 15) is 9.59 Å². The van der Waals surface area contributed by atoms with Gasteiger partial charge in [-0.25, -0.2) is 9.78 Å². The van der Waals surface area contributed by atoms with Crippen LogP contribution >= 0.6 is 0 Å². The number of aromatic amines is 1. The lowest BCUT2D eigenvalue weighted by Gasteiger charge is -2.30. The molecule has 7 heteroatoms. The Morgan fingerprint density at radius 3 is 2.83 bits per heavy atom. The van der Waals surface area contributed by atoms with Crippen molar-refractivity contribution in [2.45, 2.75) is 26.3 Å². The second-order valence-electron chi connectivity index (χ2n) is 5.96. The molecule has 0 aliphatic carbocycles. The van der Waals surface area contributed by atoms with Crippen LogP contribution in [-0.4, -0.2) is 45.1 Å². The van der Waals surface area contributed by atoms with Crippen molar-refractivity contribution in [1.82, 2.24) is 20.2 Å². The van der Waals surface area contributed by atoms with Gasteiger partial charge in [-0.3, -0.25) is 4.79 Å². The maximum Gasteiger partial charge on any atom is 0.317 e. The number of aromatic nitrogens is 2. The van der Waals surface area contributed by atoms with Crippen LogP contribution in [0.4, 0.5) is 4.79 Å². The fraction of sp³-hybridized carbons (Fsp3) is 0.438. The molecule has 2 aromatic rings. The van der Waals surface area contributed by atoms with Crippen LogP contribution in [0.1, 0.15) is 24.2 Å². The fourth-order valence-electron chi connectivity index (χ4n) is 2.86. The Kier molecular flexibility index (Phi) is 4.18. The molecule has 1 aromatic carbocycles. The van der Waals surface area contributed by atoms with Gasteiger partial charge in [-0.2, -0.15) is 0 Å². The number of nitrogens with one attached hydrogen (secondary N) is 2. The fourth-order valence-corrected chi connectivity index (χ4v) is 2.86. The number of likely N-dealkylation sites (tertiary alicyclic amines) is 1. The number of rotatable bonds is 3. The number of hydrogen-bond donors (Lipinski definition) is 3. The minimum absolute atomic E-state index is 0.175. The molecular weight excluding hydrogens is 296 g/mol. The molecule has 0 bridgehead atoms. The highest BCUT2D eigenvalue weighted by Gasteiger charge is 2.26. The molecule has 3 N–H and O–H groups in total. The van der Waals surface area contributed by atoms with Crippen LogP contribution < -0.4 is 5.32 Å². The molecular formula is C16H20N4O3. The van der Waals surface area contributed by atoms with Gasteiger partial charge in [0.25, 0.3) is 0 Å². The van der Waals surface area contributed by atoms with E-state index in [-0.39, 0.29) is 11.9 Å². The Hall–Kier alpha value is -2.57. The maximum absolute atomic E-state index is 12.1. The number of carboxylic acids is 1. The summed E-state index contributed by atoms with van der Waals surface area (Å²) >= 11 is 0. The van der Waals surface area contributed by atoms with Crippen molar-refractivity contribution < 1.29 is 14.7 Å². The first-order valence-electron chi connectivity index (χ1n) is 7.74. The van der Waals surface area contributed by atoms with E-state index in [1.807, 2.05) is 25.1 Å². The molecule has 1 aliphatic heterocycles. The minimum atomic E-state index is -0.775. The van der Waals surface area contributed by atoms with Gasteiger partial charge in [0.1, 0.15) is 5.82 Å². The van der Waals surface area contributed by atoms with Gasteiger partial charge < -0.3 is 20.3 Å². The van der Waals surface area contributed by atoms with Crippen LogP contribution in [0.3, 0.4) is 0 Å². The average molecular weight is 316 g/mol. The van der Waals surface area contributed by atoms with Crippen LogP contribution in [-0.2, 0) is 11.3 Å². The molecule has 1 aromatic heterocycles. The zero-order valence-electron chi connectivity index (χ0n) is 13.0. The van der Waals surface area contributed by atoms with Crippen molar-refractivity contribution in [2.24, 2.45) is 5.92 Å². The van der Waals surface area contributed by atoms with Crippen LogP contribution in [0.5, 0.6) is 0 Å². The second-order valence-corrected chi connectivity index (χ2v) is 5.96. The molecule has 1 saturated heterocycles. The first kappa shape index (κ1) is 15.3. The monoisotopic (exact) mass is 316 g/mol. The molecule has 0 unspecified atom stereocenters. The van der Waals surface area contributed by atoms with Gasteiger partial charge in [0.15, 0.2) is 0 Å². The number of hydrogen-bond acceptors (Lipinski definition) is 3. The lowest BCUT2D eigenvalue weighted by Crippen LogP contribution is -2.45. The lowest BCUT2D eigenvalue weighted by atomic mass is 9.97. The number of piperidine rings is 1. The van der Waals surface area contributed by atoms with Gasteiger partial charge in [-0.1, -0.05) is 6.07 Å².